The SMILES string of the molecule is NC(Cc1ccccc1C(=O)NO)C(=O)O. The van der Waals surface area contributed by atoms with Gasteiger partial charge in [0, 0.05) is 5.56 Å². The molecule has 6 nitrogen and oxygen atoms in total. The average molecular weight is 224 g/mol. The Morgan fingerprint density at radius 3 is 2.56 bits per heavy atom. The molecule has 0 fully saturated rings. The number of hydroxylamine groups is 1. The normalized spacial score (nSPS) is 11.9. The second-order valence-electron chi connectivity index (χ2n) is 3.25. The quantitative estimate of drug-likeness (QED) is 0.416. The van der Waals surface area contributed by atoms with Gasteiger partial charge in [0.05, 0.1) is 0 Å². The van der Waals surface area contributed by atoms with E-state index >= 15 is 0 Å². The molecule has 1 rings (SSSR count). The first kappa shape index (κ1) is 12.2. The summed E-state index contributed by atoms with van der Waals surface area (Å²) in [6.45, 7) is 0. The lowest BCUT2D eigenvalue weighted by Gasteiger charge is -2.10. The lowest BCUT2D eigenvalue weighted by molar-refractivity contribution is -0.138. The summed E-state index contributed by atoms with van der Waals surface area (Å²) in [6, 6.07) is 5.27. The predicted molar refractivity (Wildman–Crippen MR) is 55.0 cm³/mol. The molecule has 1 aromatic rings. The zero-order valence-corrected chi connectivity index (χ0v) is 8.38. The maximum absolute atomic E-state index is 11.2. The molecule has 0 aromatic heterocycles. The number of rotatable bonds is 4. The molecule has 16 heavy (non-hydrogen) atoms. The summed E-state index contributed by atoms with van der Waals surface area (Å²) >= 11 is 0. The zero-order chi connectivity index (χ0) is 12.1. The van der Waals surface area contributed by atoms with Crippen LogP contribution in [0, 0.1) is 0 Å². The number of nitrogens with one attached hydrogen (secondary N) is 1. The zero-order valence-electron chi connectivity index (χ0n) is 8.38. The minimum atomic E-state index is -1.14. The van der Waals surface area contributed by atoms with Crippen LogP contribution in [0.4, 0.5) is 0 Å². The molecule has 0 heterocycles. The molecule has 0 aliphatic carbocycles. The smallest absolute Gasteiger partial charge is 0.320 e. The van der Waals surface area contributed by atoms with E-state index in [4.69, 9.17) is 16.0 Å². The van der Waals surface area contributed by atoms with Crippen molar-refractivity contribution in [3.05, 3.63) is 35.4 Å². The van der Waals surface area contributed by atoms with Crippen LogP contribution in [0.15, 0.2) is 24.3 Å². The van der Waals surface area contributed by atoms with Gasteiger partial charge in [0.15, 0.2) is 0 Å². The average Bonchev–Trinajstić information content (AvgIpc) is 2.28. The monoisotopic (exact) mass is 224 g/mol. The topological polar surface area (TPSA) is 113 Å². The Kier molecular flexibility index (Phi) is 3.98. The van der Waals surface area contributed by atoms with Crippen molar-refractivity contribution in [1.29, 1.82) is 0 Å². The number of carbonyl (C=O) groups excluding carboxylic acids is 1. The molecule has 0 saturated carbocycles. The number of carboxylic acids is 1. The van der Waals surface area contributed by atoms with Crippen molar-refractivity contribution >= 4 is 11.9 Å². The van der Waals surface area contributed by atoms with E-state index in [0.717, 1.165) is 0 Å². The Balaban J connectivity index is 2.95. The molecule has 1 unspecified atom stereocenters. The number of hydrogen-bond donors (Lipinski definition) is 4. The predicted octanol–water partition coefficient (Wildman–Crippen LogP) is -0.240. The number of benzene rings is 1. The van der Waals surface area contributed by atoms with Gasteiger partial charge in [0.2, 0.25) is 0 Å². The number of aliphatic carboxylic acids is 1. The van der Waals surface area contributed by atoms with E-state index in [1.807, 2.05) is 0 Å². The highest BCUT2D eigenvalue weighted by molar-refractivity contribution is 5.95. The Morgan fingerprint density at radius 2 is 2.00 bits per heavy atom. The van der Waals surface area contributed by atoms with Crippen LogP contribution in [0.3, 0.4) is 0 Å². The van der Waals surface area contributed by atoms with Gasteiger partial charge < -0.3 is 10.8 Å². The number of carbonyl (C=O) groups is 2. The standard InChI is InChI=1S/C10H12N2O4/c11-8(10(14)15)5-6-3-1-2-4-7(6)9(13)12-16/h1-4,8,16H,5,11H2,(H,12,13)(H,14,15). The van der Waals surface area contributed by atoms with Crippen LogP contribution in [0.25, 0.3) is 0 Å². The van der Waals surface area contributed by atoms with Crippen LogP contribution in [0.5, 0.6) is 0 Å². The Labute approximate surface area is 91.6 Å². The molecule has 1 atom stereocenters. The van der Waals surface area contributed by atoms with Gasteiger partial charge in [-0.1, -0.05) is 18.2 Å². The molecule has 86 valence electrons. The number of nitrogens with two attached hydrogens (primary N) is 1. The van der Waals surface area contributed by atoms with Gasteiger partial charge in [-0.05, 0) is 18.1 Å². The molecular weight excluding hydrogens is 212 g/mol. The summed E-state index contributed by atoms with van der Waals surface area (Å²) in [7, 11) is 0. The lowest BCUT2D eigenvalue weighted by Crippen LogP contribution is -2.33. The van der Waals surface area contributed by atoms with Crippen molar-refractivity contribution in [1.82, 2.24) is 5.48 Å². The van der Waals surface area contributed by atoms with Gasteiger partial charge in [0.25, 0.3) is 5.91 Å². The maximum Gasteiger partial charge on any atom is 0.320 e. The van der Waals surface area contributed by atoms with Gasteiger partial charge in [0.1, 0.15) is 6.04 Å². The van der Waals surface area contributed by atoms with Crippen LogP contribution >= 0.6 is 0 Å². The Bertz CT molecular complexity index is 406. The van der Waals surface area contributed by atoms with Crippen molar-refractivity contribution in [3.8, 4) is 0 Å². The summed E-state index contributed by atoms with van der Waals surface area (Å²) in [5.41, 5.74) is 7.55. The largest absolute Gasteiger partial charge is 0.480 e. The second kappa shape index (κ2) is 5.24. The Hall–Kier alpha value is -1.92. The Morgan fingerprint density at radius 1 is 1.38 bits per heavy atom. The lowest BCUT2D eigenvalue weighted by atomic mass is 10.0. The number of hydrogen-bond acceptors (Lipinski definition) is 4. The summed E-state index contributed by atoms with van der Waals surface area (Å²) < 4.78 is 0. The summed E-state index contributed by atoms with van der Waals surface area (Å²) in [4.78, 5) is 21.8. The molecule has 0 aliphatic heterocycles. The fourth-order valence-corrected chi connectivity index (χ4v) is 1.30. The molecule has 1 amide bonds. The van der Waals surface area contributed by atoms with Crippen molar-refractivity contribution in [2.24, 2.45) is 5.73 Å². The number of amides is 1. The van der Waals surface area contributed by atoms with Crippen LogP contribution < -0.4 is 11.2 Å². The van der Waals surface area contributed by atoms with Crippen LogP contribution in [0.1, 0.15) is 15.9 Å². The fraction of sp³-hybridized carbons (Fsp3) is 0.200. The van der Waals surface area contributed by atoms with Crippen LogP contribution in [0.2, 0.25) is 0 Å². The van der Waals surface area contributed by atoms with Crippen molar-refractivity contribution < 1.29 is 19.9 Å². The molecule has 1 aromatic carbocycles. The molecule has 0 radical (unpaired) electrons. The van der Waals surface area contributed by atoms with Crippen LogP contribution in [-0.2, 0) is 11.2 Å². The van der Waals surface area contributed by atoms with Gasteiger partial charge in [-0.3, -0.25) is 14.8 Å². The highest BCUT2D eigenvalue weighted by Gasteiger charge is 2.16. The van der Waals surface area contributed by atoms with Gasteiger partial charge in [-0.2, -0.15) is 0 Å². The molecule has 0 bridgehead atoms. The highest BCUT2D eigenvalue weighted by atomic mass is 16.5. The summed E-state index contributed by atoms with van der Waals surface area (Å²) in [6.07, 6.45) is 0.0267. The van der Waals surface area contributed by atoms with Crippen molar-refractivity contribution in [2.45, 2.75) is 12.5 Å². The van der Waals surface area contributed by atoms with Crippen LogP contribution in [-0.4, -0.2) is 28.2 Å². The molecule has 5 N–H and O–H groups in total. The van der Waals surface area contributed by atoms with Crippen molar-refractivity contribution in [2.75, 3.05) is 0 Å². The molecule has 0 aliphatic rings. The minimum absolute atomic E-state index is 0.0267. The highest BCUT2D eigenvalue weighted by Crippen LogP contribution is 2.10. The van der Waals surface area contributed by atoms with Gasteiger partial charge >= 0.3 is 5.97 Å². The minimum Gasteiger partial charge on any atom is -0.480 e. The fourth-order valence-electron chi connectivity index (χ4n) is 1.30. The van der Waals surface area contributed by atoms with E-state index < -0.39 is 17.9 Å². The molecule has 0 saturated heterocycles. The first-order valence-electron chi connectivity index (χ1n) is 4.57. The van der Waals surface area contributed by atoms with E-state index in [2.05, 4.69) is 0 Å². The van der Waals surface area contributed by atoms with E-state index in [9.17, 15) is 9.59 Å². The van der Waals surface area contributed by atoms with E-state index in [0.29, 0.717) is 5.56 Å². The first-order chi connectivity index (χ1) is 7.56. The molecule has 6 heteroatoms. The van der Waals surface area contributed by atoms with E-state index in [1.165, 1.54) is 11.5 Å². The van der Waals surface area contributed by atoms with E-state index in [1.54, 1.807) is 18.2 Å². The van der Waals surface area contributed by atoms with Crippen molar-refractivity contribution in [3.63, 3.8) is 0 Å². The van der Waals surface area contributed by atoms with Gasteiger partial charge in [-0.25, -0.2) is 5.48 Å². The van der Waals surface area contributed by atoms with E-state index in [-0.39, 0.29) is 12.0 Å². The third kappa shape index (κ3) is 2.78. The third-order valence-electron chi connectivity index (χ3n) is 2.12. The maximum atomic E-state index is 11.2. The number of carboxylic acid groups (broad SMARTS) is 1. The second-order valence-corrected chi connectivity index (χ2v) is 3.25. The molecule has 0 spiro atoms. The summed E-state index contributed by atoms with van der Waals surface area (Å²) in [5, 5.41) is 17.2. The third-order valence-corrected chi connectivity index (χ3v) is 2.12. The first-order valence-corrected chi connectivity index (χ1v) is 4.57. The molecular formula is C10H12N2O4. The summed E-state index contributed by atoms with van der Waals surface area (Å²) in [5.74, 6) is -1.83. The van der Waals surface area contributed by atoms with Gasteiger partial charge in [-0.15, -0.1) is 0 Å².